The van der Waals surface area contributed by atoms with E-state index in [2.05, 4.69) is 10.3 Å². The maximum atomic E-state index is 13.8. The van der Waals surface area contributed by atoms with E-state index in [1.54, 1.807) is 30.3 Å². The molecular formula is C23H18FN3O4. The summed E-state index contributed by atoms with van der Waals surface area (Å²) in [4.78, 5) is 30.3. The first-order valence-electron chi connectivity index (χ1n) is 9.39. The van der Waals surface area contributed by atoms with Crippen molar-refractivity contribution in [2.24, 2.45) is 0 Å². The van der Waals surface area contributed by atoms with Crippen LogP contribution in [0.4, 0.5) is 4.39 Å². The van der Waals surface area contributed by atoms with Crippen LogP contribution in [0.3, 0.4) is 0 Å². The van der Waals surface area contributed by atoms with E-state index in [-0.39, 0.29) is 23.3 Å². The highest BCUT2D eigenvalue weighted by atomic mass is 19.1. The van der Waals surface area contributed by atoms with Gasteiger partial charge in [-0.05, 0) is 48.0 Å². The van der Waals surface area contributed by atoms with Crippen molar-refractivity contribution in [1.29, 1.82) is 0 Å². The van der Waals surface area contributed by atoms with Gasteiger partial charge in [-0.1, -0.05) is 18.2 Å². The fourth-order valence-electron chi connectivity index (χ4n) is 3.32. The molecule has 0 aliphatic carbocycles. The van der Waals surface area contributed by atoms with E-state index in [0.29, 0.717) is 5.75 Å². The van der Waals surface area contributed by atoms with Crippen molar-refractivity contribution in [2.75, 3.05) is 7.11 Å². The van der Waals surface area contributed by atoms with Crippen molar-refractivity contribution in [3.63, 3.8) is 0 Å². The third-order valence-corrected chi connectivity index (χ3v) is 4.79. The van der Waals surface area contributed by atoms with Crippen molar-refractivity contribution in [2.45, 2.75) is 6.54 Å². The number of hydrogen-bond donors (Lipinski definition) is 2. The highest BCUT2D eigenvalue weighted by Crippen LogP contribution is 2.27. The number of benzene rings is 2. The molecule has 0 spiro atoms. The van der Waals surface area contributed by atoms with Crippen molar-refractivity contribution >= 4 is 16.9 Å². The largest absolute Gasteiger partial charge is 0.506 e. The molecule has 7 nitrogen and oxygen atoms in total. The monoisotopic (exact) mass is 419 g/mol. The van der Waals surface area contributed by atoms with Gasteiger partial charge in [0.05, 0.1) is 18.2 Å². The number of rotatable bonds is 5. The van der Waals surface area contributed by atoms with Gasteiger partial charge in [-0.15, -0.1) is 0 Å². The quantitative estimate of drug-likeness (QED) is 0.518. The molecule has 31 heavy (non-hydrogen) atoms. The SMILES string of the molecule is COc1cccc(CNC(=O)c2c(O)c3cccnc3n(-c3cccc(F)c3)c2=O)c1. The summed E-state index contributed by atoms with van der Waals surface area (Å²) in [6.45, 7) is 0.111. The summed E-state index contributed by atoms with van der Waals surface area (Å²) in [5.74, 6) is -1.17. The van der Waals surface area contributed by atoms with Crippen LogP contribution in [0.5, 0.6) is 11.5 Å². The molecule has 2 aromatic carbocycles. The molecule has 0 bridgehead atoms. The fraction of sp³-hybridized carbons (Fsp3) is 0.0870. The maximum absolute atomic E-state index is 13.8. The fourth-order valence-corrected chi connectivity index (χ4v) is 3.32. The second-order valence-electron chi connectivity index (χ2n) is 6.75. The molecule has 0 unspecified atom stereocenters. The molecule has 0 aliphatic heterocycles. The number of carbonyl (C=O) groups is 1. The number of hydrogen-bond acceptors (Lipinski definition) is 5. The molecule has 0 aliphatic rings. The van der Waals surface area contributed by atoms with Gasteiger partial charge in [0.1, 0.15) is 22.9 Å². The third-order valence-electron chi connectivity index (χ3n) is 4.79. The topological polar surface area (TPSA) is 93.4 Å². The lowest BCUT2D eigenvalue weighted by Crippen LogP contribution is -2.33. The predicted octanol–water partition coefficient (Wildman–Crippen LogP) is 3.17. The zero-order valence-corrected chi connectivity index (χ0v) is 16.5. The Hall–Kier alpha value is -4.20. The van der Waals surface area contributed by atoms with Gasteiger partial charge in [-0.3, -0.25) is 14.2 Å². The Balaban J connectivity index is 1.80. The van der Waals surface area contributed by atoms with Gasteiger partial charge in [-0.2, -0.15) is 0 Å². The van der Waals surface area contributed by atoms with Crippen LogP contribution in [0.2, 0.25) is 0 Å². The van der Waals surface area contributed by atoms with Crippen LogP contribution in [0.1, 0.15) is 15.9 Å². The van der Waals surface area contributed by atoms with E-state index >= 15 is 0 Å². The summed E-state index contributed by atoms with van der Waals surface area (Å²) in [7, 11) is 1.54. The van der Waals surface area contributed by atoms with E-state index < -0.39 is 28.6 Å². The molecule has 156 valence electrons. The summed E-state index contributed by atoms with van der Waals surface area (Å²) >= 11 is 0. The van der Waals surface area contributed by atoms with Gasteiger partial charge in [0, 0.05) is 12.7 Å². The molecule has 0 saturated carbocycles. The van der Waals surface area contributed by atoms with Crippen molar-refractivity contribution in [3.05, 3.63) is 94.2 Å². The molecule has 0 saturated heterocycles. The highest BCUT2D eigenvalue weighted by Gasteiger charge is 2.23. The van der Waals surface area contributed by atoms with Crippen LogP contribution >= 0.6 is 0 Å². The predicted molar refractivity (Wildman–Crippen MR) is 113 cm³/mol. The van der Waals surface area contributed by atoms with Crippen molar-refractivity contribution in [3.8, 4) is 17.2 Å². The van der Waals surface area contributed by atoms with E-state index in [4.69, 9.17) is 4.74 Å². The van der Waals surface area contributed by atoms with Gasteiger partial charge in [-0.25, -0.2) is 9.37 Å². The van der Waals surface area contributed by atoms with Gasteiger partial charge in [0.15, 0.2) is 5.65 Å². The lowest BCUT2D eigenvalue weighted by atomic mass is 10.1. The molecule has 0 fully saturated rings. The van der Waals surface area contributed by atoms with Gasteiger partial charge in [0.2, 0.25) is 0 Å². The number of halogens is 1. The summed E-state index contributed by atoms with van der Waals surface area (Å²) in [5, 5.41) is 13.5. The first-order valence-corrected chi connectivity index (χ1v) is 9.39. The lowest BCUT2D eigenvalue weighted by Gasteiger charge is -2.14. The van der Waals surface area contributed by atoms with Crippen LogP contribution in [0, 0.1) is 5.82 Å². The van der Waals surface area contributed by atoms with Crippen LogP contribution in [0.15, 0.2) is 71.7 Å². The minimum atomic E-state index is -0.808. The number of pyridine rings is 2. The summed E-state index contributed by atoms with van der Waals surface area (Å²) in [6, 6.07) is 15.5. The maximum Gasteiger partial charge on any atom is 0.273 e. The molecule has 0 radical (unpaired) electrons. The number of aromatic nitrogens is 2. The lowest BCUT2D eigenvalue weighted by molar-refractivity contribution is 0.0946. The van der Waals surface area contributed by atoms with Crippen molar-refractivity contribution in [1.82, 2.24) is 14.9 Å². The number of methoxy groups -OCH3 is 1. The Kier molecular flexibility index (Phi) is 5.36. The zero-order chi connectivity index (χ0) is 22.0. The molecule has 2 heterocycles. The smallest absolute Gasteiger partial charge is 0.273 e. The Bertz CT molecular complexity index is 1350. The van der Waals surface area contributed by atoms with Crippen LogP contribution in [-0.4, -0.2) is 27.7 Å². The number of amides is 1. The third kappa shape index (κ3) is 3.83. The Labute approximate surface area is 176 Å². The number of fused-ring (bicyclic) bond motifs is 1. The minimum absolute atomic E-state index is 0.111. The standard InChI is InChI=1S/C23H18FN3O4/c1-31-17-8-2-5-14(11-17)13-26-22(29)19-20(28)18-9-4-10-25-21(18)27(23(19)30)16-7-3-6-15(24)12-16/h2-12,28H,13H2,1H3,(H,26,29). The van der Waals surface area contributed by atoms with E-state index in [9.17, 15) is 19.1 Å². The van der Waals surface area contributed by atoms with Crippen LogP contribution < -0.4 is 15.6 Å². The summed E-state index contributed by atoms with van der Waals surface area (Å²) in [5.41, 5.74) is -0.208. The average Bonchev–Trinajstić information content (AvgIpc) is 2.78. The molecule has 1 amide bonds. The second kappa shape index (κ2) is 8.27. The zero-order valence-electron chi connectivity index (χ0n) is 16.5. The summed E-state index contributed by atoms with van der Waals surface area (Å²) < 4.78 is 20.1. The number of ether oxygens (including phenoxy) is 1. The number of nitrogens with one attached hydrogen (secondary N) is 1. The first-order chi connectivity index (χ1) is 15.0. The normalized spacial score (nSPS) is 10.8. The molecular weight excluding hydrogens is 401 g/mol. The van der Waals surface area contributed by atoms with E-state index in [0.717, 1.165) is 16.2 Å². The number of nitrogens with zero attached hydrogens (tertiary/aromatic N) is 2. The molecule has 0 atom stereocenters. The number of aromatic hydroxyl groups is 1. The molecule has 8 heteroatoms. The number of carbonyl (C=O) groups excluding carboxylic acids is 1. The Morgan fingerprint density at radius 2 is 1.97 bits per heavy atom. The Morgan fingerprint density at radius 3 is 2.74 bits per heavy atom. The average molecular weight is 419 g/mol. The molecule has 4 rings (SSSR count). The van der Waals surface area contributed by atoms with Crippen molar-refractivity contribution < 1.29 is 19.0 Å². The van der Waals surface area contributed by atoms with E-state index in [1.165, 1.54) is 37.6 Å². The molecule has 2 N–H and O–H groups in total. The van der Waals surface area contributed by atoms with E-state index in [1.807, 2.05) is 0 Å². The highest BCUT2D eigenvalue weighted by molar-refractivity contribution is 6.02. The second-order valence-corrected chi connectivity index (χ2v) is 6.75. The molecule has 4 aromatic rings. The first kappa shape index (κ1) is 20.1. The van der Waals surface area contributed by atoms with Gasteiger partial charge < -0.3 is 15.2 Å². The van der Waals surface area contributed by atoms with Gasteiger partial charge in [0.25, 0.3) is 11.5 Å². The molecule has 2 aromatic heterocycles. The van der Waals surface area contributed by atoms with Gasteiger partial charge >= 0.3 is 0 Å². The summed E-state index contributed by atoms with van der Waals surface area (Å²) in [6.07, 6.45) is 1.44. The Morgan fingerprint density at radius 1 is 1.16 bits per heavy atom. The minimum Gasteiger partial charge on any atom is -0.506 e. The van der Waals surface area contributed by atoms with Crippen LogP contribution in [0.25, 0.3) is 16.7 Å². The van der Waals surface area contributed by atoms with Crippen LogP contribution in [-0.2, 0) is 6.54 Å².